The maximum absolute atomic E-state index is 14.4. The van der Waals surface area contributed by atoms with E-state index < -0.39 is 0 Å². The normalized spacial score (nSPS) is 12.9. The van der Waals surface area contributed by atoms with Crippen LogP contribution in [0.5, 0.6) is 5.75 Å². The van der Waals surface area contributed by atoms with Crippen LogP contribution in [0, 0.1) is 5.82 Å². The second kappa shape index (κ2) is 11.0. The maximum Gasteiger partial charge on any atom is 0.140 e. The predicted molar refractivity (Wildman–Crippen MR) is 157 cm³/mol. The van der Waals surface area contributed by atoms with E-state index in [4.69, 9.17) is 20.2 Å². The Labute approximate surface area is 230 Å². The van der Waals surface area contributed by atoms with Crippen LogP contribution < -0.4 is 21.1 Å². The monoisotopic (exact) mass is 540 g/mol. The number of nitrogen functional groups attached to an aromatic ring is 1. The van der Waals surface area contributed by atoms with Gasteiger partial charge in [-0.15, -0.1) is 11.3 Å². The van der Waals surface area contributed by atoms with Gasteiger partial charge >= 0.3 is 0 Å². The second-order valence-corrected chi connectivity index (χ2v) is 10.4. The molecule has 0 amide bonds. The molecule has 1 aliphatic heterocycles. The van der Waals surface area contributed by atoms with E-state index in [1.807, 2.05) is 24.3 Å². The Morgan fingerprint density at radius 2 is 1.97 bits per heavy atom. The van der Waals surface area contributed by atoms with Gasteiger partial charge in [-0.2, -0.15) is 0 Å². The lowest BCUT2D eigenvalue weighted by molar-refractivity contribution is 0.146. The number of rotatable bonds is 8. The molecular weight excluding hydrogens is 511 g/mol. The molecule has 3 aromatic carbocycles. The molecule has 5 aromatic rings. The summed E-state index contributed by atoms with van der Waals surface area (Å²) in [4.78, 5) is 5.22. The van der Waals surface area contributed by atoms with Crippen LogP contribution in [0.2, 0.25) is 0 Å². The quantitative estimate of drug-likeness (QED) is 0.149. The molecule has 3 heterocycles. The summed E-state index contributed by atoms with van der Waals surface area (Å²) in [6.45, 7) is 2.54. The number of hydrogen-bond acceptors (Lipinski definition) is 7. The van der Waals surface area contributed by atoms with Crippen molar-refractivity contribution in [1.82, 2.24) is 10.3 Å². The largest absolute Gasteiger partial charge is 0.490 e. The van der Waals surface area contributed by atoms with Gasteiger partial charge in [-0.3, -0.25) is 0 Å². The molecule has 0 aliphatic carbocycles. The fraction of sp³-hybridized carbons (Fsp3) is 0.194. The van der Waals surface area contributed by atoms with E-state index in [-0.39, 0.29) is 5.82 Å². The molecule has 4 N–H and O–H groups in total. The van der Waals surface area contributed by atoms with E-state index >= 15 is 0 Å². The lowest BCUT2D eigenvalue weighted by atomic mass is 9.95. The SMILES string of the molecule is COCCOc1cc(F)ccc1-c1c(Nc2cccc(N)c2)nc(-c2ccc3c(c2)CCNC3)c2ccsc12. The zero-order valence-electron chi connectivity index (χ0n) is 21.6. The second-order valence-electron chi connectivity index (χ2n) is 9.49. The Hall–Kier alpha value is -3.98. The molecule has 1 aliphatic rings. The molecule has 0 saturated carbocycles. The summed E-state index contributed by atoms with van der Waals surface area (Å²) >= 11 is 1.63. The average molecular weight is 541 g/mol. The number of fused-ring (bicyclic) bond motifs is 2. The molecule has 0 saturated heterocycles. The number of thiophene rings is 1. The Morgan fingerprint density at radius 3 is 2.85 bits per heavy atom. The molecule has 2 aromatic heterocycles. The smallest absolute Gasteiger partial charge is 0.140 e. The van der Waals surface area contributed by atoms with Gasteiger partial charge in [0.05, 0.1) is 12.3 Å². The van der Waals surface area contributed by atoms with Crippen LogP contribution in [-0.2, 0) is 17.7 Å². The van der Waals surface area contributed by atoms with Gasteiger partial charge in [-0.1, -0.05) is 18.2 Å². The Kier molecular flexibility index (Phi) is 7.15. The third-order valence-corrected chi connectivity index (χ3v) is 7.81. The summed E-state index contributed by atoms with van der Waals surface area (Å²) < 4.78 is 26.6. The zero-order valence-corrected chi connectivity index (χ0v) is 22.4. The minimum atomic E-state index is -0.368. The van der Waals surface area contributed by atoms with E-state index in [9.17, 15) is 4.39 Å². The van der Waals surface area contributed by atoms with Gasteiger partial charge < -0.3 is 25.8 Å². The van der Waals surface area contributed by atoms with Gasteiger partial charge in [-0.25, -0.2) is 9.37 Å². The van der Waals surface area contributed by atoms with Crippen LogP contribution in [0.25, 0.3) is 32.5 Å². The maximum atomic E-state index is 14.4. The summed E-state index contributed by atoms with van der Waals surface area (Å²) in [5.41, 5.74) is 13.8. The Balaban J connectivity index is 1.57. The standard InChI is InChI=1S/C31H29FN4O2S/c1-37-12-13-38-27-16-22(32)7-8-25(27)28-30-26(10-14-39-30)29(20-5-6-21-18-34-11-9-19(21)15-20)36-31(28)35-24-4-2-3-23(33)17-24/h2-8,10,14-17,34H,9,11-13,18,33H2,1H3,(H,35,36). The van der Waals surface area contributed by atoms with E-state index in [1.165, 1.54) is 23.3 Å². The molecule has 6 nitrogen and oxygen atoms in total. The molecule has 0 fully saturated rings. The van der Waals surface area contributed by atoms with Crippen molar-refractivity contribution in [3.8, 4) is 28.1 Å². The summed E-state index contributed by atoms with van der Waals surface area (Å²) in [6, 6.07) is 20.9. The number of pyridine rings is 1. The number of anilines is 3. The number of ether oxygens (including phenoxy) is 2. The molecule has 39 heavy (non-hydrogen) atoms. The summed E-state index contributed by atoms with van der Waals surface area (Å²) in [5, 5.41) is 10.1. The topological polar surface area (TPSA) is 81.4 Å². The summed E-state index contributed by atoms with van der Waals surface area (Å²) in [7, 11) is 1.61. The van der Waals surface area contributed by atoms with Crippen LogP contribution in [0.4, 0.5) is 21.6 Å². The molecular formula is C31H29FN4O2S. The van der Waals surface area contributed by atoms with Gasteiger partial charge in [0.2, 0.25) is 0 Å². The van der Waals surface area contributed by atoms with Gasteiger partial charge in [0.1, 0.15) is 24.0 Å². The highest BCUT2D eigenvalue weighted by atomic mass is 32.1. The number of nitrogens with zero attached hydrogens (tertiary/aromatic N) is 1. The number of methoxy groups -OCH3 is 1. The first kappa shape index (κ1) is 25.3. The first-order valence-corrected chi connectivity index (χ1v) is 13.8. The zero-order chi connectivity index (χ0) is 26.8. The van der Waals surface area contributed by atoms with Crippen molar-refractivity contribution >= 4 is 38.6 Å². The number of hydrogen-bond donors (Lipinski definition) is 3. The minimum Gasteiger partial charge on any atom is -0.490 e. The first-order chi connectivity index (χ1) is 19.1. The third kappa shape index (κ3) is 5.18. The summed E-state index contributed by atoms with van der Waals surface area (Å²) in [5.74, 6) is 0.716. The van der Waals surface area contributed by atoms with E-state index in [2.05, 4.69) is 40.3 Å². The van der Waals surface area contributed by atoms with Gasteiger partial charge in [0.15, 0.2) is 0 Å². The molecule has 8 heteroatoms. The van der Waals surface area contributed by atoms with Gasteiger partial charge in [0.25, 0.3) is 0 Å². The van der Waals surface area contributed by atoms with E-state index in [1.54, 1.807) is 24.5 Å². The van der Waals surface area contributed by atoms with Crippen LogP contribution in [0.15, 0.2) is 72.1 Å². The van der Waals surface area contributed by atoms with Crippen LogP contribution >= 0.6 is 11.3 Å². The molecule has 0 radical (unpaired) electrons. The van der Waals surface area contributed by atoms with Gasteiger partial charge in [0, 0.05) is 57.9 Å². The van der Waals surface area contributed by atoms with Crippen molar-refractivity contribution in [3.63, 3.8) is 0 Å². The lowest BCUT2D eigenvalue weighted by Gasteiger charge is -2.20. The lowest BCUT2D eigenvalue weighted by Crippen LogP contribution is -2.23. The number of nitrogens with two attached hydrogens (primary N) is 1. The molecule has 0 bridgehead atoms. The fourth-order valence-corrected chi connectivity index (χ4v) is 5.98. The van der Waals surface area contributed by atoms with Crippen LogP contribution in [-0.4, -0.2) is 31.9 Å². The first-order valence-electron chi connectivity index (χ1n) is 12.9. The minimum absolute atomic E-state index is 0.300. The van der Waals surface area contributed by atoms with Crippen molar-refractivity contribution in [2.75, 3.05) is 37.9 Å². The van der Waals surface area contributed by atoms with E-state index in [0.29, 0.717) is 30.5 Å². The number of benzene rings is 3. The predicted octanol–water partition coefficient (Wildman–Crippen LogP) is 6.77. The van der Waals surface area contributed by atoms with Crippen LogP contribution in [0.1, 0.15) is 11.1 Å². The third-order valence-electron chi connectivity index (χ3n) is 6.88. The van der Waals surface area contributed by atoms with Crippen molar-refractivity contribution < 1.29 is 13.9 Å². The van der Waals surface area contributed by atoms with Crippen molar-refractivity contribution in [1.29, 1.82) is 0 Å². The highest BCUT2D eigenvalue weighted by molar-refractivity contribution is 7.18. The molecule has 0 atom stereocenters. The average Bonchev–Trinajstić information content (AvgIpc) is 3.43. The molecule has 6 rings (SSSR count). The fourth-order valence-electron chi connectivity index (χ4n) is 5.02. The number of halogens is 1. The Bertz CT molecular complexity index is 1650. The van der Waals surface area contributed by atoms with Gasteiger partial charge in [-0.05, 0) is 71.9 Å². The number of nitrogens with one attached hydrogen (secondary N) is 2. The van der Waals surface area contributed by atoms with Crippen LogP contribution in [0.3, 0.4) is 0 Å². The van der Waals surface area contributed by atoms with Crippen molar-refractivity contribution in [3.05, 3.63) is 89.1 Å². The highest BCUT2D eigenvalue weighted by Crippen LogP contribution is 2.46. The highest BCUT2D eigenvalue weighted by Gasteiger charge is 2.22. The van der Waals surface area contributed by atoms with E-state index in [0.717, 1.165) is 57.7 Å². The molecule has 198 valence electrons. The number of aromatic nitrogens is 1. The Morgan fingerprint density at radius 1 is 1.05 bits per heavy atom. The van der Waals surface area contributed by atoms with Crippen molar-refractivity contribution in [2.45, 2.75) is 13.0 Å². The molecule has 0 unspecified atom stereocenters. The van der Waals surface area contributed by atoms with Crippen molar-refractivity contribution in [2.24, 2.45) is 0 Å². The molecule has 0 spiro atoms. The summed E-state index contributed by atoms with van der Waals surface area (Å²) in [6.07, 6.45) is 0.986.